The summed E-state index contributed by atoms with van der Waals surface area (Å²) in [6.45, 7) is 1.87. The zero-order valence-electron chi connectivity index (χ0n) is 8.38. The summed E-state index contributed by atoms with van der Waals surface area (Å²) in [5, 5.41) is 4.28. The summed E-state index contributed by atoms with van der Waals surface area (Å²) >= 11 is 3.33. The summed E-state index contributed by atoms with van der Waals surface area (Å²) in [7, 11) is 0. The number of nitrogens with zero attached hydrogens (tertiary/aromatic N) is 4. The number of aryl methyl sites for hydroxylation is 1. The van der Waals surface area contributed by atoms with E-state index in [1.54, 1.807) is 16.9 Å². The van der Waals surface area contributed by atoms with E-state index in [-0.39, 0.29) is 0 Å². The zero-order chi connectivity index (χ0) is 11.1. The van der Waals surface area contributed by atoms with Crippen molar-refractivity contribution in [2.24, 2.45) is 0 Å². The Morgan fingerprint density at radius 1 is 1.25 bits per heavy atom. The number of aromatic nitrogens is 4. The fourth-order valence-corrected chi connectivity index (χ4v) is 1.66. The predicted molar refractivity (Wildman–Crippen MR) is 60.9 cm³/mol. The van der Waals surface area contributed by atoms with Gasteiger partial charge in [0.25, 0.3) is 5.89 Å². The number of hydrogen-bond donors (Lipinski definition) is 0. The summed E-state index contributed by atoms with van der Waals surface area (Å²) in [5.74, 6) is 1.29. The summed E-state index contributed by atoms with van der Waals surface area (Å²) < 4.78 is 8.10. The van der Waals surface area contributed by atoms with E-state index in [0.717, 1.165) is 10.3 Å². The molecule has 0 N–H and O–H groups in total. The number of hydrogen-bond acceptors (Lipinski definition) is 4. The molecule has 0 fully saturated rings. The van der Waals surface area contributed by atoms with Gasteiger partial charge in [0.1, 0.15) is 11.5 Å². The lowest BCUT2D eigenvalue weighted by atomic mass is 10.3. The smallest absolute Gasteiger partial charge is 0.264 e. The van der Waals surface area contributed by atoms with E-state index in [4.69, 9.17) is 4.42 Å². The molecule has 0 radical (unpaired) electrons. The van der Waals surface area contributed by atoms with E-state index in [0.29, 0.717) is 17.3 Å². The quantitative estimate of drug-likeness (QED) is 0.686. The highest BCUT2D eigenvalue weighted by atomic mass is 79.9. The second kappa shape index (κ2) is 3.41. The molecule has 3 aromatic heterocycles. The number of halogens is 1. The second-order valence-corrected chi connectivity index (χ2v) is 4.24. The van der Waals surface area contributed by atoms with Crippen molar-refractivity contribution in [3.8, 4) is 11.6 Å². The van der Waals surface area contributed by atoms with Crippen LogP contribution in [0.1, 0.15) is 5.82 Å². The van der Waals surface area contributed by atoms with Crippen LogP contribution in [0.15, 0.2) is 33.4 Å². The summed E-state index contributed by atoms with van der Waals surface area (Å²) in [4.78, 5) is 8.30. The molecule has 5 nitrogen and oxygen atoms in total. The van der Waals surface area contributed by atoms with Crippen molar-refractivity contribution in [3.05, 3.63) is 34.8 Å². The molecule has 0 spiro atoms. The fourth-order valence-electron chi connectivity index (χ4n) is 1.42. The molecule has 3 rings (SSSR count). The molecule has 3 aromatic rings. The Morgan fingerprint density at radius 3 is 2.81 bits per heavy atom. The van der Waals surface area contributed by atoms with Gasteiger partial charge in [-0.25, -0.2) is 9.97 Å². The number of fused-ring (bicyclic) bond motifs is 1. The third-order valence-electron chi connectivity index (χ3n) is 2.22. The molecule has 0 bridgehead atoms. The molecule has 80 valence electrons. The van der Waals surface area contributed by atoms with Crippen LogP contribution in [0.3, 0.4) is 0 Å². The van der Waals surface area contributed by atoms with Gasteiger partial charge in [-0.2, -0.15) is 4.52 Å². The van der Waals surface area contributed by atoms with Gasteiger partial charge >= 0.3 is 0 Å². The van der Waals surface area contributed by atoms with Gasteiger partial charge in [0, 0.05) is 10.7 Å². The van der Waals surface area contributed by atoms with Crippen molar-refractivity contribution in [1.29, 1.82) is 0 Å². The maximum atomic E-state index is 5.53. The Balaban J connectivity index is 2.15. The highest BCUT2D eigenvalue weighted by molar-refractivity contribution is 9.10. The molecule has 0 saturated heterocycles. The van der Waals surface area contributed by atoms with E-state index in [9.17, 15) is 0 Å². The maximum Gasteiger partial charge on any atom is 0.264 e. The lowest BCUT2D eigenvalue weighted by Gasteiger charge is -1.92. The van der Waals surface area contributed by atoms with Crippen LogP contribution in [0.5, 0.6) is 0 Å². The lowest BCUT2D eigenvalue weighted by molar-refractivity contribution is 0.614. The molecule has 0 aromatic carbocycles. The van der Waals surface area contributed by atoms with E-state index in [1.165, 1.54) is 0 Å². The molecule has 16 heavy (non-hydrogen) atoms. The van der Waals surface area contributed by atoms with Gasteiger partial charge in [-0.15, -0.1) is 5.10 Å². The van der Waals surface area contributed by atoms with E-state index >= 15 is 0 Å². The highest BCUT2D eigenvalue weighted by Crippen LogP contribution is 2.19. The SMILES string of the molecule is Cc1ncc2oc(-c3ccc(Br)cn3)nn12. The Kier molecular flexibility index (Phi) is 2.03. The van der Waals surface area contributed by atoms with Crippen molar-refractivity contribution < 1.29 is 4.42 Å². The highest BCUT2D eigenvalue weighted by Gasteiger charge is 2.11. The van der Waals surface area contributed by atoms with Crippen molar-refractivity contribution in [3.63, 3.8) is 0 Å². The first-order valence-electron chi connectivity index (χ1n) is 4.67. The van der Waals surface area contributed by atoms with Crippen LogP contribution in [-0.2, 0) is 0 Å². The van der Waals surface area contributed by atoms with Crippen LogP contribution in [0.25, 0.3) is 17.3 Å². The van der Waals surface area contributed by atoms with E-state index in [2.05, 4.69) is 31.0 Å². The Labute approximate surface area is 99.3 Å². The molecule has 0 aliphatic carbocycles. The minimum atomic E-state index is 0.494. The third kappa shape index (κ3) is 1.42. The van der Waals surface area contributed by atoms with Crippen LogP contribution in [0.4, 0.5) is 0 Å². The number of rotatable bonds is 1. The summed E-state index contributed by atoms with van der Waals surface area (Å²) in [6.07, 6.45) is 3.35. The van der Waals surface area contributed by atoms with Gasteiger partial charge in [0.05, 0.1) is 6.20 Å². The zero-order valence-corrected chi connectivity index (χ0v) is 9.97. The van der Waals surface area contributed by atoms with Crippen LogP contribution >= 0.6 is 15.9 Å². The largest absolute Gasteiger partial charge is 0.415 e. The Hall–Kier alpha value is -1.69. The average Bonchev–Trinajstić information content (AvgIpc) is 2.83. The van der Waals surface area contributed by atoms with Crippen LogP contribution < -0.4 is 0 Å². The maximum absolute atomic E-state index is 5.53. The summed E-state index contributed by atoms with van der Waals surface area (Å²) in [5.41, 5.74) is 1.32. The van der Waals surface area contributed by atoms with Crippen molar-refractivity contribution in [1.82, 2.24) is 19.6 Å². The first-order chi connectivity index (χ1) is 7.74. The molecule has 3 heterocycles. The topological polar surface area (TPSA) is 56.2 Å². The van der Waals surface area contributed by atoms with Crippen molar-refractivity contribution >= 4 is 21.6 Å². The average molecular weight is 279 g/mol. The van der Waals surface area contributed by atoms with E-state index in [1.807, 2.05) is 19.1 Å². The minimum absolute atomic E-state index is 0.494. The molecule has 0 aliphatic heterocycles. The summed E-state index contributed by atoms with van der Waals surface area (Å²) in [6, 6.07) is 3.74. The second-order valence-electron chi connectivity index (χ2n) is 3.32. The molecule has 0 unspecified atom stereocenters. The third-order valence-corrected chi connectivity index (χ3v) is 2.68. The molecule has 6 heteroatoms. The van der Waals surface area contributed by atoms with Gasteiger partial charge in [-0.3, -0.25) is 0 Å². The van der Waals surface area contributed by atoms with Gasteiger partial charge in [0.2, 0.25) is 5.71 Å². The van der Waals surface area contributed by atoms with E-state index < -0.39 is 0 Å². The fraction of sp³-hybridized carbons (Fsp3) is 0.100. The van der Waals surface area contributed by atoms with Crippen molar-refractivity contribution in [2.45, 2.75) is 6.92 Å². The lowest BCUT2D eigenvalue weighted by Crippen LogP contribution is -1.89. The molecule has 0 saturated carbocycles. The predicted octanol–water partition coefficient (Wildman–Crippen LogP) is 2.46. The van der Waals surface area contributed by atoms with Crippen LogP contribution in [0.2, 0.25) is 0 Å². The van der Waals surface area contributed by atoms with Crippen LogP contribution in [-0.4, -0.2) is 19.6 Å². The molecule has 0 atom stereocenters. The number of imidazole rings is 1. The number of pyridine rings is 1. The Morgan fingerprint density at radius 2 is 2.12 bits per heavy atom. The first-order valence-corrected chi connectivity index (χ1v) is 5.46. The van der Waals surface area contributed by atoms with Gasteiger partial charge in [-0.1, -0.05) is 0 Å². The Bertz CT molecular complexity index is 640. The normalized spacial score (nSPS) is 11.1. The molecule has 0 amide bonds. The molecule has 0 aliphatic rings. The van der Waals surface area contributed by atoms with Gasteiger partial charge in [0.15, 0.2) is 0 Å². The monoisotopic (exact) mass is 278 g/mol. The molecular formula is C10H7BrN4O. The van der Waals surface area contributed by atoms with Crippen molar-refractivity contribution in [2.75, 3.05) is 0 Å². The van der Waals surface area contributed by atoms with Gasteiger partial charge < -0.3 is 4.42 Å². The minimum Gasteiger partial charge on any atom is -0.415 e. The molecular weight excluding hydrogens is 272 g/mol. The van der Waals surface area contributed by atoms with Crippen LogP contribution in [0, 0.1) is 6.92 Å². The van der Waals surface area contributed by atoms with Gasteiger partial charge in [-0.05, 0) is 35.0 Å². The first kappa shape index (κ1) is 9.53. The standard InChI is InChI=1S/C10H7BrN4O/c1-6-12-5-9-15(6)14-10(16-9)8-3-2-7(11)4-13-8/h2-5H,1H3.